The van der Waals surface area contributed by atoms with Crippen molar-refractivity contribution in [3.05, 3.63) is 64.7 Å². The van der Waals surface area contributed by atoms with E-state index >= 15 is 0 Å². The van der Waals surface area contributed by atoms with Crippen LogP contribution in [0.4, 0.5) is 5.13 Å². The van der Waals surface area contributed by atoms with E-state index in [1.165, 1.54) is 5.56 Å². The number of rotatable bonds is 7. The number of aryl methyl sites for hydroxylation is 1. The molecule has 0 aliphatic carbocycles. The number of carbonyl (C=O) groups excluding carboxylic acids is 1. The Bertz CT molecular complexity index is 1080. The van der Waals surface area contributed by atoms with Gasteiger partial charge in [-0.05, 0) is 35.8 Å². The Hall–Kier alpha value is -2.25. The van der Waals surface area contributed by atoms with Crippen molar-refractivity contribution in [3.8, 4) is 0 Å². The second-order valence-electron chi connectivity index (χ2n) is 7.41. The fourth-order valence-corrected chi connectivity index (χ4v) is 4.87. The number of amides is 1. The van der Waals surface area contributed by atoms with Crippen LogP contribution in [0.2, 0.25) is 5.02 Å². The molecule has 0 radical (unpaired) electrons. The summed E-state index contributed by atoms with van der Waals surface area (Å²) in [5, 5.41) is 1.36. The predicted molar refractivity (Wildman–Crippen MR) is 129 cm³/mol. The molecule has 5 nitrogen and oxygen atoms in total. The molecule has 2 aromatic carbocycles. The van der Waals surface area contributed by atoms with E-state index in [0.29, 0.717) is 11.6 Å². The molecule has 0 bridgehead atoms. The lowest BCUT2D eigenvalue weighted by atomic mass is 10.1. The van der Waals surface area contributed by atoms with Gasteiger partial charge in [0.25, 0.3) is 5.91 Å². The first kappa shape index (κ1) is 22.0. The van der Waals surface area contributed by atoms with E-state index in [9.17, 15) is 4.79 Å². The quantitative estimate of drug-likeness (QED) is 0.476. The van der Waals surface area contributed by atoms with Crippen molar-refractivity contribution in [2.24, 2.45) is 0 Å². The smallest absolute Gasteiger partial charge is 0.252 e. The zero-order valence-electron chi connectivity index (χ0n) is 17.6. The van der Waals surface area contributed by atoms with Crippen LogP contribution < -0.4 is 4.90 Å². The molecule has 1 fully saturated rings. The maximum Gasteiger partial charge on any atom is 0.252 e. The van der Waals surface area contributed by atoms with E-state index in [-0.39, 0.29) is 5.91 Å². The van der Waals surface area contributed by atoms with E-state index in [1.807, 2.05) is 24.3 Å². The molecule has 7 heteroatoms. The van der Waals surface area contributed by atoms with E-state index in [2.05, 4.69) is 30.0 Å². The lowest BCUT2D eigenvalue weighted by Crippen LogP contribution is -2.42. The second-order valence-corrected chi connectivity index (χ2v) is 8.83. The third kappa shape index (κ3) is 5.33. The molecular formula is C24H26ClN3O2S. The minimum absolute atomic E-state index is 0.0923. The topological polar surface area (TPSA) is 45.7 Å². The number of para-hydroxylation sites is 1. The van der Waals surface area contributed by atoms with Crippen LogP contribution in [-0.4, -0.2) is 55.2 Å². The summed E-state index contributed by atoms with van der Waals surface area (Å²) in [7, 11) is 0. The highest BCUT2D eigenvalue weighted by atomic mass is 35.5. The molecular weight excluding hydrogens is 430 g/mol. The van der Waals surface area contributed by atoms with Gasteiger partial charge in [0.05, 0.1) is 23.4 Å². The monoisotopic (exact) mass is 455 g/mol. The van der Waals surface area contributed by atoms with Crippen molar-refractivity contribution >= 4 is 50.3 Å². The average molecular weight is 456 g/mol. The van der Waals surface area contributed by atoms with Gasteiger partial charge in [-0.25, -0.2) is 4.98 Å². The summed E-state index contributed by atoms with van der Waals surface area (Å²) in [4.78, 5) is 22.2. The molecule has 4 rings (SSSR count). The van der Waals surface area contributed by atoms with Crippen LogP contribution in [0.25, 0.3) is 16.3 Å². The number of nitrogens with zero attached hydrogens (tertiary/aromatic N) is 3. The highest BCUT2D eigenvalue weighted by Gasteiger charge is 2.20. The summed E-state index contributed by atoms with van der Waals surface area (Å²) in [6.07, 6.45) is 4.28. The maximum absolute atomic E-state index is 13.3. The zero-order chi connectivity index (χ0) is 21.6. The average Bonchev–Trinajstić information content (AvgIpc) is 3.23. The Morgan fingerprint density at radius 2 is 2.03 bits per heavy atom. The number of benzene rings is 2. The zero-order valence-corrected chi connectivity index (χ0v) is 19.2. The number of carbonyl (C=O) groups is 1. The molecule has 0 N–H and O–H groups in total. The van der Waals surface area contributed by atoms with Crippen LogP contribution in [0, 0.1) is 0 Å². The summed E-state index contributed by atoms with van der Waals surface area (Å²) in [5.41, 5.74) is 3.01. The number of morpholine rings is 1. The van der Waals surface area contributed by atoms with Crippen molar-refractivity contribution < 1.29 is 9.53 Å². The summed E-state index contributed by atoms with van der Waals surface area (Å²) >= 11 is 7.81. The number of halogens is 1. The first-order valence-electron chi connectivity index (χ1n) is 10.6. The molecule has 2 heterocycles. The van der Waals surface area contributed by atoms with Gasteiger partial charge in [-0.1, -0.05) is 60.2 Å². The molecule has 0 unspecified atom stereocenters. The second kappa shape index (κ2) is 10.4. The van der Waals surface area contributed by atoms with Crippen LogP contribution in [-0.2, 0) is 16.0 Å². The van der Waals surface area contributed by atoms with E-state index in [0.717, 1.165) is 60.2 Å². The SMILES string of the molecule is CCc1cccc2sc(N(CCN3CCOCC3)C(=O)/C=C/c3ccccc3Cl)nc12. The van der Waals surface area contributed by atoms with E-state index in [1.54, 1.807) is 28.4 Å². The molecule has 1 amide bonds. The number of hydrogen-bond acceptors (Lipinski definition) is 5. The minimum Gasteiger partial charge on any atom is -0.379 e. The van der Waals surface area contributed by atoms with E-state index in [4.69, 9.17) is 21.3 Å². The van der Waals surface area contributed by atoms with Crippen LogP contribution in [0.5, 0.6) is 0 Å². The molecule has 0 spiro atoms. The number of hydrogen-bond donors (Lipinski definition) is 0. The largest absolute Gasteiger partial charge is 0.379 e. The van der Waals surface area contributed by atoms with Crippen molar-refractivity contribution in [2.45, 2.75) is 13.3 Å². The van der Waals surface area contributed by atoms with Gasteiger partial charge in [-0.2, -0.15) is 0 Å². The Morgan fingerprint density at radius 3 is 2.81 bits per heavy atom. The fourth-order valence-electron chi connectivity index (χ4n) is 3.62. The predicted octanol–water partition coefficient (Wildman–Crippen LogP) is 4.89. The van der Waals surface area contributed by atoms with Gasteiger partial charge in [-0.15, -0.1) is 0 Å². The summed E-state index contributed by atoms with van der Waals surface area (Å²) in [5.74, 6) is -0.0923. The van der Waals surface area contributed by atoms with Crippen LogP contribution in [0.1, 0.15) is 18.1 Å². The number of ether oxygens (including phenoxy) is 1. The summed E-state index contributed by atoms with van der Waals surface area (Å²) in [6, 6.07) is 13.7. The Morgan fingerprint density at radius 1 is 1.23 bits per heavy atom. The Labute approximate surface area is 191 Å². The van der Waals surface area contributed by atoms with Crippen molar-refractivity contribution in [1.29, 1.82) is 0 Å². The number of anilines is 1. The van der Waals surface area contributed by atoms with Gasteiger partial charge in [0.1, 0.15) is 0 Å². The molecule has 31 heavy (non-hydrogen) atoms. The fraction of sp³-hybridized carbons (Fsp3) is 0.333. The molecule has 1 aromatic heterocycles. The number of fused-ring (bicyclic) bond motifs is 1. The third-order valence-electron chi connectivity index (χ3n) is 5.42. The molecule has 0 atom stereocenters. The van der Waals surface area contributed by atoms with Crippen LogP contribution in [0.15, 0.2) is 48.5 Å². The van der Waals surface area contributed by atoms with Gasteiger partial charge in [0.2, 0.25) is 0 Å². The maximum atomic E-state index is 13.3. The highest BCUT2D eigenvalue weighted by molar-refractivity contribution is 7.22. The summed E-state index contributed by atoms with van der Waals surface area (Å²) in [6.45, 7) is 6.73. The van der Waals surface area contributed by atoms with Gasteiger partial charge in [0, 0.05) is 37.3 Å². The van der Waals surface area contributed by atoms with Crippen molar-refractivity contribution in [1.82, 2.24) is 9.88 Å². The number of thiazole rings is 1. The van der Waals surface area contributed by atoms with Gasteiger partial charge in [0.15, 0.2) is 5.13 Å². The Kier molecular flexibility index (Phi) is 7.35. The normalized spacial score (nSPS) is 15.0. The van der Waals surface area contributed by atoms with Crippen LogP contribution in [0.3, 0.4) is 0 Å². The first-order valence-corrected chi connectivity index (χ1v) is 11.8. The van der Waals surface area contributed by atoms with Crippen LogP contribution >= 0.6 is 22.9 Å². The molecule has 1 aliphatic rings. The standard InChI is InChI=1S/C24H26ClN3O2S/c1-2-18-7-5-9-21-23(18)26-24(31-21)28(13-12-27-14-16-30-17-15-27)22(29)11-10-19-6-3-4-8-20(19)25/h3-11H,2,12-17H2,1H3/b11-10+. The lowest BCUT2D eigenvalue weighted by molar-refractivity contribution is -0.114. The molecule has 0 saturated carbocycles. The first-order chi connectivity index (χ1) is 15.2. The third-order valence-corrected chi connectivity index (χ3v) is 6.81. The lowest BCUT2D eigenvalue weighted by Gasteiger charge is -2.28. The molecule has 162 valence electrons. The van der Waals surface area contributed by atoms with Gasteiger partial charge >= 0.3 is 0 Å². The van der Waals surface area contributed by atoms with Gasteiger partial charge in [-0.3, -0.25) is 14.6 Å². The van der Waals surface area contributed by atoms with E-state index < -0.39 is 0 Å². The molecule has 1 saturated heterocycles. The highest BCUT2D eigenvalue weighted by Crippen LogP contribution is 2.31. The minimum atomic E-state index is -0.0923. The van der Waals surface area contributed by atoms with Gasteiger partial charge < -0.3 is 4.74 Å². The van der Waals surface area contributed by atoms with Crippen molar-refractivity contribution in [2.75, 3.05) is 44.3 Å². The van der Waals surface area contributed by atoms with Crippen molar-refractivity contribution in [3.63, 3.8) is 0 Å². The summed E-state index contributed by atoms with van der Waals surface area (Å²) < 4.78 is 6.55. The molecule has 1 aliphatic heterocycles. The number of aromatic nitrogens is 1. The Balaban J connectivity index is 1.60. The molecule has 3 aromatic rings.